The number of benzene rings is 2. The Labute approximate surface area is 211 Å². The summed E-state index contributed by atoms with van der Waals surface area (Å²) >= 11 is 0. The zero-order chi connectivity index (χ0) is 26.2. The highest BCUT2D eigenvalue weighted by molar-refractivity contribution is 6.05. The second kappa shape index (κ2) is 9.98. The number of β-amino-alcohol motifs (C(OH)–C–C–N with tert-alkyl or cyclic N) is 1. The largest absolute Gasteiger partial charge is 0.416 e. The molecule has 0 bridgehead atoms. The molecule has 2 fully saturated rings. The maximum absolute atomic E-state index is 13.1. The van der Waals surface area contributed by atoms with E-state index < -0.39 is 23.8 Å². The molecule has 2 saturated heterocycles. The van der Waals surface area contributed by atoms with Gasteiger partial charge in [-0.15, -0.1) is 0 Å². The third kappa shape index (κ3) is 5.52. The Balaban J connectivity index is 1.46. The van der Waals surface area contributed by atoms with Gasteiger partial charge in [0.1, 0.15) is 5.82 Å². The van der Waals surface area contributed by atoms with Crippen LogP contribution < -0.4 is 15.1 Å². The maximum atomic E-state index is 13.1. The Bertz CT molecular complexity index is 1300. The molecular formula is C26H26F3N5O3. The third-order valence-corrected chi connectivity index (χ3v) is 6.40. The van der Waals surface area contributed by atoms with Gasteiger partial charge < -0.3 is 25.0 Å². The van der Waals surface area contributed by atoms with Crippen LogP contribution in [0.2, 0.25) is 0 Å². The molecule has 2 N–H and O–H groups in total. The van der Waals surface area contributed by atoms with Crippen molar-refractivity contribution in [2.45, 2.75) is 19.2 Å². The molecule has 2 aliphatic heterocycles. The molecule has 5 rings (SSSR count). The monoisotopic (exact) mass is 513 g/mol. The highest BCUT2D eigenvalue weighted by Crippen LogP contribution is 2.32. The number of aliphatic hydroxyl groups is 1. The molecule has 194 valence electrons. The van der Waals surface area contributed by atoms with Crippen LogP contribution in [0.1, 0.15) is 21.5 Å². The van der Waals surface area contributed by atoms with Crippen LogP contribution in [0.15, 0.2) is 48.5 Å². The van der Waals surface area contributed by atoms with Crippen LogP contribution in [-0.2, 0) is 10.9 Å². The van der Waals surface area contributed by atoms with Crippen LogP contribution in [-0.4, -0.2) is 66.5 Å². The summed E-state index contributed by atoms with van der Waals surface area (Å²) in [5, 5.41) is 12.3. The first-order valence-electron chi connectivity index (χ1n) is 11.9. The van der Waals surface area contributed by atoms with Gasteiger partial charge >= 0.3 is 6.18 Å². The number of hydrogen-bond acceptors (Lipinski definition) is 7. The molecule has 1 amide bonds. The number of nitrogens with zero attached hydrogens (tertiary/aromatic N) is 4. The number of halogens is 3. The first kappa shape index (κ1) is 25.0. The minimum Gasteiger partial charge on any atom is -0.389 e. The number of ether oxygens (including phenoxy) is 1. The van der Waals surface area contributed by atoms with E-state index in [9.17, 15) is 23.1 Å². The van der Waals surface area contributed by atoms with Crippen LogP contribution >= 0.6 is 0 Å². The Morgan fingerprint density at radius 1 is 1.05 bits per heavy atom. The Kier molecular flexibility index (Phi) is 6.74. The Morgan fingerprint density at radius 2 is 1.81 bits per heavy atom. The average Bonchev–Trinajstić information content (AvgIpc) is 2.87. The quantitative estimate of drug-likeness (QED) is 0.537. The van der Waals surface area contributed by atoms with Gasteiger partial charge in [-0.2, -0.15) is 18.2 Å². The van der Waals surface area contributed by atoms with Crippen molar-refractivity contribution in [3.8, 4) is 11.3 Å². The van der Waals surface area contributed by atoms with Crippen molar-refractivity contribution in [1.29, 1.82) is 0 Å². The van der Waals surface area contributed by atoms with E-state index in [1.54, 1.807) is 18.2 Å². The van der Waals surface area contributed by atoms with Crippen molar-refractivity contribution in [2.24, 2.45) is 0 Å². The average molecular weight is 514 g/mol. The third-order valence-electron chi connectivity index (χ3n) is 6.40. The highest BCUT2D eigenvalue weighted by atomic mass is 19.4. The van der Waals surface area contributed by atoms with Gasteiger partial charge in [0.05, 0.1) is 30.6 Å². The fourth-order valence-electron chi connectivity index (χ4n) is 4.29. The Morgan fingerprint density at radius 3 is 2.51 bits per heavy atom. The first-order chi connectivity index (χ1) is 17.7. The van der Waals surface area contributed by atoms with E-state index in [4.69, 9.17) is 14.7 Å². The van der Waals surface area contributed by atoms with Crippen LogP contribution in [0.3, 0.4) is 0 Å². The van der Waals surface area contributed by atoms with Gasteiger partial charge in [-0.25, -0.2) is 4.98 Å². The van der Waals surface area contributed by atoms with E-state index in [1.807, 2.05) is 17.9 Å². The maximum Gasteiger partial charge on any atom is 0.416 e. The number of aryl methyl sites for hydroxylation is 1. The van der Waals surface area contributed by atoms with Crippen molar-refractivity contribution in [3.05, 3.63) is 65.2 Å². The van der Waals surface area contributed by atoms with Gasteiger partial charge in [0.2, 0.25) is 5.95 Å². The minimum atomic E-state index is -4.51. The lowest BCUT2D eigenvalue weighted by molar-refractivity contribution is -0.137. The SMILES string of the molecule is Cc1ccc(C(=O)Nc2cccc(C(F)(F)F)c2)cc1-c1cc(N2CCOCC2)nc(N2CC(O)C2)n1. The number of aromatic nitrogens is 2. The smallest absolute Gasteiger partial charge is 0.389 e. The number of nitrogens with one attached hydrogen (secondary N) is 1. The molecule has 0 spiro atoms. The summed E-state index contributed by atoms with van der Waals surface area (Å²) in [6, 6.07) is 11.5. The number of morpholine rings is 1. The second-order valence-electron chi connectivity index (χ2n) is 9.13. The molecule has 8 nitrogen and oxygen atoms in total. The topological polar surface area (TPSA) is 90.8 Å². The van der Waals surface area contributed by atoms with E-state index in [2.05, 4.69) is 10.2 Å². The highest BCUT2D eigenvalue weighted by Gasteiger charge is 2.31. The van der Waals surface area contributed by atoms with Crippen molar-refractivity contribution in [1.82, 2.24) is 9.97 Å². The number of carbonyl (C=O) groups is 1. The Hall–Kier alpha value is -3.70. The predicted octanol–water partition coefficient (Wildman–Crippen LogP) is 3.74. The zero-order valence-electron chi connectivity index (χ0n) is 20.1. The number of carbonyl (C=O) groups excluding carboxylic acids is 1. The summed E-state index contributed by atoms with van der Waals surface area (Å²) in [5.74, 6) is 0.680. The van der Waals surface area contributed by atoms with Gasteiger partial charge in [-0.1, -0.05) is 12.1 Å². The molecule has 0 aliphatic carbocycles. The predicted molar refractivity (Wildman–Crippen MR) is 133 cm³/mol. The number of rotatable bonds is 5. The van der Waals surface area contributed by atoms with Gasteiger partial charge in [0.25, 0.3) is 5.91 Å². The van der Waals surface area contributed by atoms with E-state index in [0.29, 0.717) is 56.6 Å². The number of hydrogen-bond donors (Lipinski definition) is 2. The molecule has 0 atom stereocenters. The zero-order valence-corrected chi connectivity index (χ0v) is 20.1. The molecule has 2 aliphatic rings. The molecule has 37 heavy (non-hydrogen) atoms. The summed E-state index contributed by atoms with van der Waals surface area (Å²) in [4.78, 5) is 26.4. The van der Waals surface area contributed by atoms with E-state index in [1.165, 1.54) is 12.1 Å². The normalized spacial score (nSPS) is 16.5. The van der Waals surface area contributed by atoms with Gasteiger partial charge in [-0.05, 0) is 42.8 Å². The van der Waals surface area contributed by atoms with E-state index in [0.717, 1.165) is 23.5 Å². The van der Waals surface area contributed by atoms with E-state index >= 15 is 0 Å². The molecule has 0 radical (unpaired) electrons. The van der Waals surface area contributed by atoms with Crippen molar-refractivity contribution >= 4 is 23.4 Å². The number of amides is 1. The number of aliphatic hydroxyl groups excluding tert-OH is 1. The van der Waals surface area contributed by atoms with Gasteiger partial charge in [0, 0.05) is 49.1 Å². The minimum absolute atomic E-state index is 0.0530. The van der Waals surface area contributed by atoms with Crippen LogP contribution in [0.5, 0.6) is 0 Å². The van der Waals surface area contributed by atoms with Crippen molar-refractivity contribution in [3.63, 3.8) is 0 Å². The molecule has 3 heterocycles. The summed E-state index contributed by atoms with van der Waals surface area (Å²) < 4.78 is 44.7. The van der Waals surface area contributed by atoms with Gasteiger partial charge in [-0.3, -0.25) is 4.79 Å². The lowest BCUT2D eigenvalue weighted by Crippen LogP contribution is -2.51. The first-order valence-corrected chi connectivity index (χ1v) is 11.9. The van der Waals surface area contributed by atoms with Crippen molar-refractivity contribution < 1.29 is 27.8 Å². The summed E-state index contributed by atoms with van der Waals surface area (Å²) in [6.45, 7) is 5.29. The van der Waals surface area contributed by atoms with Crippen molar-refractivity contribution in [2.75, 3.05) is 54.5 Å². The summed E-state index contributed by atoms with van der Waals surface area (Å²) in [7, 11) is 0. The fourth-order valence-corrected chi connectivity index (χ4v) is 4.29. The lowest BCUT2D eigenvalue weighted by Gasteiger charge is -2.37. The number of alkyl halides is 3. The van der Waals surface area contributed by atoms with Crippen LogP contribution in [0.25, 0.3) is 11.3 Å². The summed E-state index contributed by atoms with van der Waals surface area (Å²) in [6.07, 6.45) is -4.93. The van der Waals surface area contributed by atoms with Crippen LogP contribution in [0.4, 0.5) is 30.6 Å². The molecule has 0 saturated carbocycles. The molecule has 0 unspecified atom stereocenters. The summed E-state index contributed by atoms with van der Waals surface area (Å²) in [5.41, 5.74) is 1.68. The van der Waals surface area contributed by atoms with Gasteiger partial charge in [0.15, 0.2) is 0 Å². The molecule has 11 heteroatoms. The standard InChI is InChI=1S/C26H26F3N5O3/c1-16-5-6-17(24(36)30-19-4-2-3-18(12-19)26(27,28)29)11-21(16)22-13-23(33-7-9-37-10-8-33)32-25(31-22)34-14-20(35)15-34/h2-6,11-13,20,35H,7-10,14-15H2,1H3,(H,30,36). The van der Waals surface area contributed by atoms with Crippen LogP contribution in [0, 0.1) is 6.92 Å². The lowest BCUT2D eigenvalue weighted by atomic mass is 10.0. The molecule has 1 aromatic heterocycles. The van der Waals surface area contributed by atoms with E-state index in [-0.39, 0.29) is 11.3 Å². The molecule has 3 aromatic rings. The molecular weight excluding hydrogens is 487 g/mol. The fraction of sp³-hybridized carbons (Fsp3) is 0.346. The number of anilines is 3. The molecule has 2 aromatic carbocycles. The second-order valence-corrected chi connectivity index (χ2v) is 9.13.